The molecule has 0 radical (unpaired) electrons. The summed E-state index contributed by atoms with van der Waals surface area (Å²) >= 11 is 0. The number of aromatic nitrogens is 1. The van der Waals surface area contributed by atoms with Crippen molar-refractivity contribution in [1.82, 2.24) is 10.3 Å². The normalized spacial score (nSPS) is 20.8. The fourth-order valence-corrected chi connectivity index (χ4v) is 3.50. The van der Waals surface area contributed by atoms with Crippen molar-refractivity contribution in [2.24, 2.45) is 16.7 Å². The van der Waals surface area contributed by atoms with E-state index in [1.165, 1.54) is 16.5 Å². The van der Waals surface area contributed by atoms with Gasteiger partial charge in [-0.3, -0.25) is 0 Å². The van der Waals surface area contributed by atoms with Gasteiger partial charge < -0.3 is 10.3 Å². The van der Waals surface area contributed by atoms with Gasteiger partial charge in [-0.15, -0.1) is 0 Å². The van der Waals surface area contributed by atoms with Crippen molar-refractivity contribution in [2.45, 2.75) is 34.2 Å². The number of rotatable bonds is 4. The molecule has 0 aliphatic heterocycles. The molecule has 0 saturated heterocycles. The van der Waals surface area contributed by atoms with E-state index in [-0.39, 0.29) is 0 Å². The Balaban J connectivity index is 1.64. The molecule has 0 amide bonds. The lowest BCUT2D eigenvalue weighted by Crippen LogP contribution is -2.18. The van der Waals surface area contributed by atoms with Gasteiger partial charge in [0.15, 0.2) is 0 Å². The summed E-state index contributed by atoms with van der Waals surface area (Å²) in [5, 5.41) is 4.98. The Morgan fingerprint density at radius 1 is 1.11 bits per heavy atom. The van der Waals surface area contributed by atoms with E-state index in [1.807, 2.05) is 6.20 Å². The van der Waals surface area contributed by atoms with Crippen molar-refractivity contribution < 1.29 is 0 Å². The van der Waals surface area contributed by atoms with E-state index >= 15 is 0 Å². The standard InChI is InChI=1S/C17H24N2/c1-16(2)15(17(16,3)4)11-18-10-12-6-5-7-14-13(12)8-9-19-14/h5-9,15,18-19H,10-11H2,1-4H3. The van der Waals surface area contributed by atoms with Crippen LogP contribution in [0.25, 0.3) is 10.9 Å². The Morgan fingerprint density at radius 3 is 2.53 bits per heavy atom. The highest BCUT2D eigenvalue weighted by Gasteiger charge is 2.63. The van der Waals surface area contributed by atoms with Crippen molar-refractivity contribution in [3.8, 4) is 0 Å². The highest BCUT2D eigenvalue weighted by atomic mass is 14.9. The Kier molecular flexibility index (Phi) is 2.75. The van der Waals surface area contributed by atoms with Crippen LogP contribution in [0.1, 0.15) is 33.3 Å². The highest BCUT2D eigenvalue weighted by molar-refractivity contribution is 5.82. The highest BCUT2D eigenvalue weighted by Crippen LogP contribution is 2.67. The predicted molar refractivity (Wildman–Crippen MR) is 81.1 cm³/mol. The van der Waals surface area contributed by atoms with Crippen LogP contribution in [0.4, 0.5) is 0 Å². The van der Waals surface area contributed by atoms with Crippen LogP contribution in [0.2, 0.25) is 0 Å². The molecular formula is C17H24N2. The number of fused-ring (bicyclic) bond motifs is 1. The fourth-order valence-electron chi connectivity index (χ4n) is 3.50. The van der Waals surface area contributed by atoms with Gasteiger partial charge in [0, 0.05) is 23.6 Å². The van der Waals surface area contributed by atoms with Gasteiger partial charge in [0.25, 0.3) is 0 Å². The van der Waals surface area contributed by atoms with Crippen molar-refractivity contribution in [3.05, 3.63) is 36.0 Å². The smallest absolute Gasteiger partial charge is 0.0457 e. The Hall–Kier alpha value is -1.28. The molecule has 2 nitrogen and oxygen atoms in total. The summed E-state index contributed by atoms with van der Waals surface area (Å²) in [4.78, 5) is 3.27. The Morgan fingerprint density at radius 2 is 1.84 bits per heavy atom. The molecule has 3 rings (SSSR count). The first-order chi connectivity index (χ1) is 8.94. The first-order valence-corrected chi connectivity index (χ1v) is 7.20. The zero-order valence-electron chi connectivity index (χ0n) is 12.4. The summed E-state index contributed by atoms with van der Waals surface area (Å²) in [6, 6.07) is 8.64. The van der Waals surface area contributed by atoms with Crippen LogP contribution >= 0.6 is 0 Å². The quantitative estimate of drug-likeness (QED) is 0.852. The number of H-pyrrole nitrogens is 1. The van der Waals surface area contributed by atoms with Crippen LogP contribution in [-0.4, -0.2) is 11.5 Å². The van der Waals surface area contributed by atoms with Crippen LogP contribution in [0.15, 0.2) is 30.5 Å². The van der Waals surface area contributed by atoms with E-state index in [0.29, 0.717) is 10.8 Å². The summed E-state index contributed by atoms with van der Waals surface area (Å²) in [7, 11) is 0. The lowest BCUT2D eigenvalue weighted by molar-refractivity contribution is 0.457. The maximum absolute atomic E-state index is 3.64. The maximum atomic E-state index is 3.64. The van der Waals surface area contributed by atoms with E-state index < -0.39 is 0 Å². The Labute approximate surface area is 115 Å². The first kappa shape index (κ1) is 12.7. The van der Waals surface area contributed by atoms with Crippen molar-refractivity contribution in [2.75, 3.05) is 6.54 Å². The van der Waals surface area contributed by atoms with Gasteiger partial charge in [0.05, 0.1) is 0 Å². The molecule has 1 aromatic carbocycles. The predicted octanol–water partition coefficient (Wildman–Crippen LogP) is 3.94. The molecule has 2 N–H and O–H groups in total. The molecule has 0 atom stereocenters. The SMILES string of the molecule is CC1(C)C(CNCc2cccc3[nH]ccc23)C1(C)C. The molecule has 19 heavy (non-hydrogen) atoms. The molecule has 0 spiro atoms. The van der Waals surface area contributed by atoms with Gasteiger partial charge in [0.1, 0.15) is 0 Å². The molecule has 102 valence electrons. The lowest BCUT2D eigenvalue weighted by atomic mass is 10.0. The molecule has 1 heterocycles. The maximum Gasteiger partial charge on any atom is 0.0457 e. The summed E-state index contributed by atoms with van der Waals surface area (Å²) in [6.07, 6.45) is 2.02. The summed E-state index contributed by atoms with van der Waals surface area (Å²) in [5.74, 6) is 0.783. The molecular weight excluding hydrogens is 232 g/mol. The van der Waals surface area contributed by atoms with E-state index in [9.17, 15) is 0 Å². The summed E-state index contributed by atoms with van der Waals surface area (Å²) < 4.78 is 0. The van der Waals surface area contributed by atoms with Crippen molar-refractivity contribution in [3.63, 3.8) is 0 Å². The zero-order chi connectivity index (χ0) is 13.7. The third-order valence-corrected chi connectivity index (χ3v) is 5.67. The minimum absolute atomic E-state index is 0.472. The van der Waals surface area contributed by atoms with Crippen LogP contribution in [0.3, 0.4) is 0 Å². The Bertz CT molecular complexity index is 578. The van der Waals surface area contributed by atoms with E-state index in [0.717, 1.165) is 19.0 Å². The summed E-state index contributed by atoms with van der Waals surface area (Å²) in [5.41, 5.74) is 3.56. The largest absolute Gasteiger partial charge is 0.361 e. The average Bonchev–Trinajstić information content (AvgIpc) is 2.75. The topological polar surface area (TPSA) is 27.8 Å². The minimum atomic E-state index is 0.472. The van der Waals surface area contributed by atoms with Crippen molar-refractivity contribution in [1.29, 1.82) is 0 Å². The van der Waals surface area contributed by atoms with Crippen LogP contribution < -0.4 is 5.32 Å². The van der Waals surface area contributed by atoms with E-state index in [2.05, 4.69) is 62.3 Å². The second-order valence-electron chi connectivity index (χ2n) is 6.98. The van der Waals surface area contributed by atoms with Gasteiger partial charge in [0.2, 0.25) is 0 Å². The monoisotopic (exact) mass is 256 g/mol. The van der Waals surface area contributed by atoms with Gasteiger partial charge in [-0.05, 0) is 41.0 Å². The molecule has 2 aromatic rings. The molecule has 1 aliphatic rings. The molecule has 1 aliphatic carbocycles. The second-order valence-corrected chi connectivity index (χ2v) is 6.98. The van der Waals surface area contributed by atoms with E-state index in [1.54, 1.807) is 0 Å². The third-order valence-electron chi connectivity index (χ3n) is 5.67. The number of nitrogens with one attached hydrogen (secondary N) is 2. The lowest BCUT2D eigenvalue weighted by Gasteiger charge is -2.07. The van der Waals surface area contributed by atoms with Crippen LogP contribution in [0, 0.1) is 16.7 Å². The molecule has 0 bridgehead atoms. The van der Waals surface area contributed by atoms with Gasteiger partial charge in [-0.2, -0.15) is 0 Å². The molecule has 1 fully saturated rings. The average molecular weight is 256 g/mol. The van der Waals surface area contributed by atoms with Crippen LogP contribution in [0.5, 0.6) is 0 Å². The van der Waals surface area contributed by atoms with Crippen LogP contribution in [-0.2, 0) is 6.54 Å². The summed E-state index contributed by atoms with van der Waals surface area (Å²) in [6.45, 7) is 11.6. The third kappa shape index (κ3) is 1.90. The number of hydrogen-bond acceptors (Lipinski definition) is 1. The molecule has 1 aromatic heterocycles. The number of hydrogen-bond donors (Lipinski definition) is 2. The fraction of sp³-hybridized carbons (Fsp3) is 0.529. The van der Waals surface area contributed by atoms with Gasteiger partial charge in [-0.1, -0.05) is 39.8 Å². The van der Waals surface area contributed by atoms with E-state index in [4.69, 9.17) is 0 Å². The second kappa shape index (κ2) is 4.11. The minimum Gasteiger partial charge on any atom is -0.361 e. The molecule has 2 heteroatoms. The van der Waals surface area contributed by atoms with Gasteiger partial charge >= 0.3 is 0 Å². The van der Waals surface area contributed by atoms with Crippen molar-refractivity contribution >= 4 is 10.9 Å². The number of aromatic amines is 1. The number of benzene rings is 1. The zero-order valence-corrected chi connectivity index (χ0v) is 12.4. The van der Waals surface area contributed by atoms with Gasteiger partial charge in [-0.25, -0.2) is 0 Å². The first-order valence-electron chi connectivity index (χ1n) is 7.20. The molecule has 1 saturated carbocycles. The molecule has 0 unspecified atom stereocenters.